The summed E-state index contributed by atoms with van der Waals surface area (Å²) in [6, 6.07) is 8.37. The number of benzene rings is 2. The van der Waals surface area contributed by atoms with E-state index in [0.29, 0.717) is 28.4 Å². The SMILES string of the molecule is COc1cc(NC(=O)C[C@@H]2OC(=O)c3c2ccc(OC)c3OC)ccc1NC(=O)C1CCC1. The van der Waals surface area contributed by atoms with Crippen molar-refractivity contribution in [3.05, 3.63) is 41.5 Å². The molecule has 1 heterocycles. The van der Waals surface area contributed by atoms with E-state index in [9.17, 15) is 14.4 Å². The van der Waals surface area contributed by atoms with E-state index in [0.717, 1.165) is 19.3 Å². The molecule has 2 amide bonds. The van der Waals surface area contributed by atoms with E-state index in [2.05, 4.69) is 10.6 Å². The number of anilines is 2. The zero-order chi connectivity index (χ0) is 23.5. The van der Waals surface area contributed by atoms with Gasteiger partial charge in [0, 0.05) is 23.2 Å². The quantitative estimate of drug-likeness (QED) is 0.585. The van der Waals surface area contributed by atoms with E-state index in [-0.39, 0.29) is 35.5 Å². The molecule has 0 bridgehead atoms. The number of nitrogens with one attached hydrogen (secondary N) is 2. The van der Waals surface area contributed by atoms with Crippen molar-refractivity contribution in [3.63, 3.8) is 0 Å². The highest BCUT2D eigenvalue weighted by molar-refractivity contribution is 6.00. The van der Waals surface area contributed by atoms with Crippen molar-refractivity contribution in [1.29, 1.82) is 0 Å². The molecule has 9 nitrogen and oxygen atoms in total. The fraction of sp³-hybridized carbons (Fsp3) is 0.375. The second-order valence-electron chi connectivity index (χ2n) is 7.94. The maximum atomic E-state index is 12.7. The summed E-state index contributed by atoms with van der Waals surface area (Å²) in [4.78, 5) is 37.3. The number of methoxy groups -OCH3 is 3. The van der Waals surface area contributed by atoms with Gasteiger partial charge in [-0.1, -0.05) is 12.5 Å². The van der Waals surface area contributed by atoms with Crippen LogP contribution in [0.5, 0.6) is 17.2 Å². The van der Waals surface area contributed by atoms with E-state index in [1.54, 1.807) is 30.3 Å². The van der Waals surface area contributed by atoms with Gasteiger partial charge in [-0.15, -0.1) is 0 Å². The third-order valence-electron chi connectivity index (χ3n) is 5.97. The fourth-order valence-electron chi connectivity index (χ4n) is 3.98. The minimum absolute atomic E-state index is 0.0230. The minimum atomic E-state index is -0.741. The molecule has 0 radical (unpaired) electrons. The molecule has 0 aromatic heterocycles. The molecule has 2 aromatic rings. The number of fused-ring (bicyclic) bond motifs is 1. The molecule has 0 unspecified atom stereocenters. The average Bonchev–Trinajstić information content (AvgIpc) is 3.07. The predicted molar refractivity (Wildman–Crippen MR) is 120 cm³/mol. The van der Waals surface area contributed by atoms with Gasteiger partial charge in [-0.2, -0.15) is 0 Å². The van der Waals surface area contributed by atoms with E-state index < -0.39 is 12.1 Å². The third-order valence-corrected chi connectivity index (χ3v) is 5.97. The Bertz CT molecular complexity index is 1090. The largest absolute Gasteiger partial charge is 0.494 e. The molecule has 4 rings (SSSR count). The van der Waals surface area contributed by atoms with Crippen LogP contribution in [-0.2, 0) is 14.3 Å². The maximum absolute atomic E-state index is 12.7. The number of carbonyl (C=O) groups excluding carboxylic acids is 3. The molecule has 174 valence electrons. The van der Waals surface area contributed by atoms with Crippen LogP contribution in [0.1, 0.15) is 47.7 Å². The van der Waals surface area contributed by atoms with Crippen LogP contribution in [0.15, 0.2) is 30.3 Å². The summed E-state index contributed by atoms with van der Waals surface area (Å²) in [6.45, 7) is 0. The molecule has 1 aliphatic carbocycles. The summed E-state index contributed by atoms with van der Waals surface area (Å²) in [6.07, 6.45) is 2.05. The van der Waals surface area contributed by atoms with Crippen molar-refractivity contribution >= 4 is 29.2 Å². The number of ether oxygens (including phenoxy) is 4. The molecule has 1 aliphatic heterocycles. The summed E-state index contributed by atoms with van der Waals surface area (Å²) in [5.74, 6) is 0.252. The van der Waals surface area contributed by atoms with Gasteiger partial charge in [0.25, 0.3) is 0 Å². The van der Waals surface area contributed by atoms with Gasteiger partial charge in [0.05, 0.1) is 33.4 Å². The number of hydrogen-bond donors (Lipinski definition) is 2. The topological polar surface area (TPSA) is 112 Å². The van der Waals surface area contributed by atoms with Crippen LogP contribution < -0.4 is 24.8 Å². The first-order chi connectivity index (χ1) is 15.9. The van der Waals surface area contributed by atoms with Gasteiger partial charge in [0.1, 0.15) is 17.4 Å². The molecule has 2 aromatic carbocycles. The van der Waals surface area contributed by atoms with E-state index in [1.807, 2.05) is 0 Å². The van der Waals surface area contributed by atoms with E-state index in [1.165, 1.54) is 21.3 Å². The Morgan fingerprint density at radius 1 is 1.00 bits per heavy atom. The molecule has 9 heteroatoms. The van der Waals surface area contributed by atoms with Crippen LogP contribution in [0.4, 0.5) is 11.4 Å². The number of hydrogen-bond acceptors (Lipinski definition) is 7. The Balaban J connectivity index is 1.44. The Kier molecular flexibility index (Phi) is 6.39. The number of amides is 2. The highest BCUT2D eigenvalue weighted by atomic mass is 16.6. The summed E-state index contributed by atoms with van der Waals surface area (Å²) in [5, 5.41) is 5.67. The lowest BCUT2D eigenvalue weighted by atomic mass is 9.85. The van der Waals surface area contributed by atoms with Gasteiger partial charge >= 0.3 is 5.97 Å². The fourth-order valence-corrected chi connectivity index (χ4v) is 3.98. The predicted octanol–water partition coefficient (Wildman–Crippen LogP) is 3.69. The Morgan fingerprint density at radius 3 is 2.39 bits per heavy atom. The van der Waals surface area contributed by atoms with E-state index >= 15 is 0 Å². The van der Waals surface area contributed by atoms with Crippen LogP contribution in [-0.4, -0.2) is 39.1 Å². The first kappa shape index (κ1) is 22.4. The highest BCUT2D eigenvalue weighted by Crippen LogP contribution is 2.43. The number of rotatable bonds is 8. The molecule has 0 spiro atoms. The third kappa shape index (κ3) is 4.44. The van der Waals surface area contributed by atoms with Crippen LogP contribution in [0, 0.1) is 5.92 Å². The van der Waals surface area contributed by atoms with Crippen LogP contribution in [0.2, 0.25) is 0 Å². The lowest BCUT2D eigenvalue weighted by Gasteiger charge is -2.24. The molecule has 1 atom stereocenters. The van der Waals surface area contributed by atoms with Gasteiger partial charge in [0.15, 0.2) is 11.5 Å². The van der Waals surface area contributed by atoms with Crippen LogP contribution in [0.3, 0.4) is 0 Å². The lowest BCUT2D eigenvalue weighted by molar-refractivity contribution is -0.122. The van der Waals surface area contributed by atoms with Gasteiger partial charge in [0.2, 0.25) is 11.8 Å². The van der Waals surface area contributed by atoms with Crippen LogP contribution in [0.25, 0.3) is 0 Å². The number of carbonyl (C=O) groups is 3. The summed E-state index contributed by atoms with van der Waals surface area (Å²) in [7, 11) is 4.42. The van der Waals surface area contributed by atoms with Crippen molar-refractivity contribution in [1.82, 2.24) is 0 Å². The molecule has 1 saturated carbocycles. The smallest absolute Gasteiger partial charge is 0.343 e. The average molecular weight is 454 g/mol. The second kappa shape index (κ2) is 9.40. The summed E-state index contributed by atoms with van der Waals surface area (Å²) >= 11 is 0. The minimum Gasteiger partial charge on any atom is -0.494 e. The zero-order valence-corrected chi connectivity index (χ0v) is 18.7. The molecule has 2 aliphatic rings. The molecule has 2 N–H and O–H groups in total. The molecular weight excluding hydrogens is 428 g/mol. The normalized spacial score (nSPS) is 16.8. The Morgan fingerprint density at radius 2 is 1.76 bits per heavy atom. The lowest BCUT2D eigenvalue weighted by Crippen LogP contribution is -2.28. The molecule has 33 heavy (non-hydrogen) atoms. The van der Waals surface area contributed by atoms with Gasteiger partial charge in [-0.25, -0.2) is 4.79 Å². The number of cyclic esters (lactones) is 1. The Hall–Kier alpha value is -3.75. The summed E-state index contributed by atoms with van der Waals surface area (Å²) < 4.78 is 21.4. The first-order valence-corrected chi connectivity index (χ1v) is 10.7. The van der Waals surface area contributed by atoms with Crippen molar-refractivity contribution in [3.8, 4) is 17.2 Å². The maximum Gasteiger partial charge on any atom is 0.343 e. The monoisotopic (exact) mass is 454 g/mol. The van der Waals surface area contributed by atoms with Crippen molar-refractivity contribution < 1.29 is 33.3 Å². The van der Waals surface area contributed by atoms with Gasteiger partial charge in [-0.3, -0.25) is 9.59 Å². The zero-order valence-electron chi connectivity index (χ0n) is 18.7. The van der Waals surface area contributed by atoms with Crippen molar-refractivity contribution in [2.45, 2.75) is 31.8 Å². The van der Waals surface area contributed by atoms with Gasteiger partial charge < -0.3 is 29.6 Å². The van der Waals surface area contributed by atoms with Crippen molar-refractivity contribution in [2.24, 2.45) is 5.92 Å². The molecular formula is C24H26N2O7. The Labute approximate surface area is 191 Å². The van der Waals surface area contributed by atoms with Crippen LogP contribution >= 0.6 is 0 Å². The van der Waals surface area contributed by atoms with Crippen molar-refractivity contribution in [2.75, 3.05) is 32.0 Å². The first-order valence-electron chi connectivity index (χ1n) is 10.7. The highest BCUT2D eigenvalue weighted by Gasteiger charge is 2.37. The number of esters is 1. The van der Waals surface area contributed by atoms with Gasteiger partial charge in [-0.05, 0) is 31.0 Å². The summed E-state index contributed by atoms with van der Waals surface area (Å²) in [5.41, 5.74) is 1.88. The molecule has 0 saturated heterocycles. The van der Waals surface area contributed by atoms with E-state index in [4.69, 9.17) is 18.9 Å². The standard InChI is InChI=1S/C24H26N2O7/c1-30-17-10-8-15-18(33-24(29)21(15)22(17)32-3)12-20(27)25-14-7-9-16(19(11-14)31-2)26-23(28)13-5-4-6-13/h7-11,13,18H,4-6,12H2,1-3H3,(H,25,27)(H,26,28)/t18-/m0/s1. The second-order valence-corrected chi connectivity index (χ2v) is 7.94. The molecule has 1 fully saturated rings.